The molecule has 1 aliphatic heterocycles. The lowest BCUT2D eigenvalue weighted by Crippen LogP contribution is -2.16. The molecule has 2 aromatic carbocycles. The van der Waals surface area contributed by atoms with Gasteiger partial charge < -0.3 is 14.8 Å². The summed E-state index contributed by atoms with van der Waals surface area (Å²) >= 11 is 13.2. The zero-order chi connectivity index (χ0) is 14.8. The maximum Gasteiger partial charge on any atom is 0.179 e. The van der Waals surface area contributed by atoms with Gasteiger partial charge in [-0.25, -0.2) is 0 Å². The van der Waals surface area contributed by atoms with Gasteiger partial charge >= 0.3 is 0 Å². The predicted octanol–water partition coefficient (Wildman–Crippen LogP) is 5.25. The summed E-state index contributed by atoms with van der Waals surface area (Å²) in [6.45, 7) is 1.74. The van der Waals surface area contributed by atoms with Crippen molar-refractivity contribution in [1.82, 2.24) is 0 Å². The lowest BCUT2D eigenvalue weighted by Gasteiger charge is -2.20. The van der Waals surface area contributed by atoms with Crippen LogP contribution < -0.4 is 14.8 Å². The van der Waals surface area contributed by atoms with Crippen LogP contribution in [0.3, 0.4) is 0 Å². The summed E-state index contributed by atoms with van der Waals surface area (Å²) in [5, 5.41) is 3.95. The van der Waals surface area contributed by atoms with Crippen molar-refractivity contribution in [1.29, 1.82) is 0 Å². The Morgan fingerprint density at radius 1 is 1.10 bits per heavy atom. The molecule has 0 aliphatic carbocycles. The molecule has 0 atom stereocenters. The van der Waals surface area contributed by atoms with Crippen LogP contribution in [0.15, 0.2) is 39.3 Å². The lowest BCUT2D eigenvalue weighted by atomic mass is 10.2. The first-order valence-corrected chi connectivity index (χ1v) is 8.37. The zero-order valence-electron chi connectivity index (χ0n) is 11.0. The Kier molecular flexibility index (Phi) is 4.62. The summed E-state index contributed by atoms with van der Waals surface area (Å²) in [6.07, 6.45) is 0. The van der Waals surface area contributed by atoms with E-state index >= 15 is 0 Å². The average Bonchev–Trinajstić information content (AvgIpc) is 2.46. The fourth-order valence-electron chi connectivity index (χ4n) is 2.10. The molecule has 0 saturated heterocycles. The number of nitrogens with one attached hydrogen (secondary N) is 1. The first kappa shape index (κ1) is 15.0. The van der Waals surface area contributed by atoms with Crippen molar-refractivity contribution in [2.24, 2.45) is 0 Å². The van der Waals surface area contributed by atoms with Gasteiger partial charge in [0.05, 0.1) is 5.02 Å². The minimum atomic E-state index is 0.538. The van der Waals surface area contributed by atoms with E-state index in [0.717, 1.165) is 20.2 Å². The van der Waals surface area contributed by atoms with E-state index in [9.17, 15) is 0 Å². The molecule has 0 aromatic heterocycles. The molecule has 0 bridgehead atoms. The summed E-state index contributed by atoms with van der Waals surface area (Å²) in [7, 11) is 0. The first-order valence-electron chi connectivity index (χ1n) is 6.40. The average molecular weight is 434 g/mol. The van der Waals surface area contributed by atoms with Crippen LogP contribution in [-0.2, 0) is 6.54 Å². The molecule has 0 unspecified atom stereocenters. The molecule has 3 nitrogen and oxygen atoms in total. The number of anilines is 1. The standard InChI is InChI=1S/C15H12Br2ClNO2/c16-10-1-2-13(11(17)7-10)19-8-9-5-12(18)15-14(6-9)20-3-4-21-15/h1-2,5-7,19H,3-4,8H2. The molecule has 1 heterocycles. The SMILES string of the molecule is Clc1cc(CNc2ccc(Br)cc2Br)cc2c1OCCO2. The number of hydrogen-bond acceptors (Lipinski definition) is 3. The quantitative estimate of drug-likeness (QED) is 0.717. The Morgan fingerprint density at radius 2 is 1.90 bits per heavy atom. The van der Waals surface area contributed by atoms with E-state index in [0.29, 0.717) is 36.3 Å². The Hall–Kier alpha value is -0.910. The fourth-order valence-corrected chi connectivity index (χ4v) is 3.57. The van der Waals surface area contributed by atoms with E-state index in [-0.39, 0.29) is 0 Å². The molecule has 1 aliphatic rings. The highest BCUT2D eigenvalue weighted by molar-refractivity contribution is 9.11. The second kappa shape index (κ2) is 6.46. The number of ether oxygens (including phenoxy) is 2. The van der Waals surface area contributed by atoms with Gasteiger partial charge in [-0.1, -0.05) is 27.5 Å². The van der Waals surface area contributed by atoms with Gasteiger partial charge in [-0.3, -0.25) is 0 Å². The summed E-state index contributed by atoms with van der Waals surface area (Å²) in [4.78, 5) is 0. The summed E-state index contributed by atoms with van der Waals surface area (Å²) in [5.74, 6) is 1.34. The van der Waals surface area contributed by atoms with Crippen molar-refractivity contribution >= 4 is 49.1 Å². The van der Waals surface area contributed by atoms with Gasteiger partial charge in [0.15, 0.2) is 11.5 Å². The Bertz CT molecular complexity index is 679. The lowest BCUT2D eigenvalue weighted by molar-refractivity contribution is 0.171. The van der Waals surface area contributed by atoms with Crippen molar-refractivity contribution in [2.75, 3.05) is 18.5 Å². The molecule has 0 spiro atoms. The molecule has 0 amide bonds. The number of rotatable bonds is 3. The number of hydrogen-bond donors (Lipinski definition) is 1. The molecule has 6 heteroatoms. The van der Waals surface area contributed by atoms with Crippen molar-refractivity contribution in [2.45, 2.75) is 6.54 Å². The Labute approximate surface area is 144 Å². The molecular weight excluding hydrogens is 421 g/mol. The maximum atomic E-state index is 6.23. The van der Waals surface area contributed by atoms with E-state index in [1.54, 1.807) is 0 Å². The predicted molar refractivity (Wildman–Crippen MR) is 91.6 cm³/mol. The monoisotopic (exact) mass is 431 g/mol. The Morgan fingerprint density at radius 3 is 2.71 bits per heavy atom. The van der Waals surface area contributed by atoms with Crippen LogP contribution in [0.5, 0.6) is 11.5 Å². The third kappa shape index (κ3) is 3.47. The topological polar surface area (TPSA) is 30.5 Å². The minimum Gasteiger partial charge on any atom is -0.486 e. The second-order valence-corrected chi connectivity index (χ2v) is 6.76. The molecule has 2 aromatic rings. The van der Waals surface area contributed by atoms with E-state index < -0.39 is 0 Å². The van der Waals surface area contributed by atoms with Gasteiger partial charge in [-0.15, -0.1) is 0 Å². The highest BCUT2D eigenvalue weighted by Crippen LogP contribution is 2.38. The second-order valence-electron chi connectivity index (χ2n) is 4.58. The number of benzene rings is 2. The maximum absolute atomic E-state index is 6.23. The largest absolute Gasteiger partial charge is 0.486 e. The first-order chi connectivity index (χ1) is 10.1. The molecule has 110 valence electrons. The van der Waals surface area contributed by atoms with Crippen LogP contribution in [0.2, 0.25) is 5.02 Å². The molecule has 0 saturated carbocycles. The van der Waals surface area contributed by atoms with Crippen LogP contribution in [0, 0.1) is 0 Å². The van der Waals surface area contributed by atoms with Gasteiger partial charge in [0.25, 0.3) is 0 Å². The number of halogens is 3. The Balaban J connectivity index is 1.77. The molecule has 3 rings (SSSR count). The van der Waals surface area contributed by atoms with Gasteiger partial charge in [0.1, 0.15) is 13.2 Å². The third-order valence-electron chi connectivity index (χ3n) is 3.07. The highest BCUT2D eigenvalue weighted by Gasteiger charge is 2.16. The molecule has 0 radical (unpaired) electrons. The summed E-state index contributed by atoms with van der Waals surface area (Å²) < 4.78 is 13.1. The fraction of sp³-hybridized carbons (Fsp3) is 0.200. The van der Waals surface area contributed by atoms with Crippen LogP contribution in [0.25, 0.3) is 0 Å². The van der Waals surface area contributed by atoms with Gasteiger partial charge in [0.2, 0.25) is 0 Å². The summed E-state index contributed by atoms with van der Waals surface area (Å²) in [5.41, 5.74) is 2.06. The van der Waals surface area contributed by atoms with E-state index in [1.165, 1.54) is 0 Å². The highest BCUT2D eigenvalue weighted by atomic mass is 79.9. The van der Waals surface area contributed by atoms with E-state index in [2.05, 4.69) is 37.2 Å². The minimum absolute atomic E-state index is 0.538. The smallest absolute Gasteiger partial charge is 0.179 e. The molecule has 0 fully saturated rings. The van der Waals surface area contributed by atoms with Crippen molar-refractivity contribution in [3.8, 4) is 11.5 Å². The van der Waals surface area contributed by atoms with E-state index in [1.807, 2.05) is 30.3 Å². The van der Waals surface area contributed by atoms with E-state index in [4.69, 9.17) is 21.1 Å². The van der Waals surface area contributed by atoms with Crippen molar-refractivity contribution < 1.29 is 9.47 Å². The van der Waals surface area contributed by atoms with Crippen LogP contribution in [0.4, 0.5) is 5.69 Å². The van der Waals surface area contributed by atoms with Gasteiger partial charge in [-0.2, -0.15) is 0 Å². The van der Waals surface area contributed by atoms with Crippen molar-refractivity contribution in [3.05, 3.63) is 49.9 Å². The van der Waals surface area contributed by atoms with Crippen LogP contribution in [-0.4, -0.2) is 13.2 Å². The van der Waals surface area contributed by atoms with Crippen molar-refractivity contribution in [3.63, 3.8) is 0 Å². The molecule has 1 N–H and O–H groups in total. The third-order valence-corrected chi connectivity index (χ3v) is 4.50. The molecular formula is C15H12Br2ClNO2. The van der Waals surface area contributed by atoms with Crippen LogP contribution in [0.1, 0.15) is 5.56 Å². The molecule has 21 heavy (non-hydrogen) atoms. The van der Waals surface area contributed by atoms with Gasteiger partial charge in [-0.05, 0) is 51.8 Å². The van der Waals surface area contributed by atoms with Crippen LogP contribution >= 0.6 is 43.5 Å². The summed E-state index contributed by atoms with van der Waals surface area (Å²) in [6, 6.07) is 9.85. The number of fused-ring (bicyclic) bond motifs is 1. The van der Waals surface area contributed by atoms with Gasteiger partial charge in [0, 0.05) is 21.2 Å². The zero-order valence-corrected chi connectivity index (χ0v) is 14.9. The normalized spacial score (nSPS) is 13.1.